The topological polar surface area (TPSA) is 87.1 Å². The molecule has 0 spiro atoms. The van der Waals surface area contributed by atoms with Gasteiger partial charge in [-0.25, -0.2) is 4.79 Å². The third-order valence-electron chi connectivity index (χ3n) is 3.01. The summed E-state index contributed by atoms with van der Waals surface area (Å²) in [6, 6.07) is 7.82. The lowest BCUT2D eigenvalue weighted by Gasteiger charge is -2.22. The van der Waals surface area contributed by atoms with Gasteiger partial charge in [0.15, 0.2) is 0 Å². The number of benzene rings is 1. The van der Waals surface area contributed by atoms with Crippen LogP contribution in [0.4, 0.5) is 9.93 Å². The quantitative estimate of drug-likeness (QED) is 0.789. The molecule has 6 nitrogen and oxygen atoms in total. The molecule has 22 heavy (non-hydrogen) atoms. The Labute approximate surface area is 133 Å². The number of rotatable bonds is 5. The molecule has 3 N–H and O–H groups in total. The summed E-state index contributed by atoms with van der Waals surface area (Å²) in [5.74, 6) is 0. The van der Waals surface area contributed by atoms with Gasteiger partial charge in [0, 0.05) is 6.42 Å². The summed E-state index contributed by atoms with van der Waals surface area (Å²) in [5, 5.41) is 23.7. The van der Waals surface area contributed by atoms with Crippen LogP contribution in [0.1, 0.15) is 30.0 Å². The molecule has 0 aliphatic carbocycles. The van der Waals surface area contributed by atoms with Crippen molar-refractivity contribution in [2.75, 3.05) is 11.9 Å². The van der Waals surface area contributed by atoms with Crippen LogP contribution in [0.3, 0.4) is 0 Å². The van der Waals surface area contributed by atoms with Gasteiger partial charge < -0.3 is 10.4 Å². The van der Waals surface area contributed by atoms with Crippen molar-refractivity contribution in [1.82, 2.24) is 15.5 Å². The molecule has 2 rings (SSSR count). The summed E-state index contributed by atoms with van der Waals surface area (Å²) in [5.41, 5.74) is 1.69. The predicted molar refractivity (Wildman–Crippen MR) is 87.2 cm³/mol. The first-order chi connectivity index (χ1) is 10.4. The average molecular weight is 320 g/mol. The SMILES string of the molecule is Cc1ccc(Cc2nnc(NC(=O)NC(C)(C)CO)s2)cc1. The highest BCUT2D eigenvalue weighted by Gasteiger charge is 2.19. The fraction of sp³-hybridized carbons (Fsp3) is 0.400. The molecule has 1 aromatic carbocycles. The van der Waals surface area contributed by atoms with E-state index in [1.54, 1.807) is 13.8 Å². The Balaban J connectivity index is 1.94. The molecule has 0 aliphatic rings. The highest BCUT2D eigenvalue weighted by molar-refractivity contribution is 7.15. The fourth-order valence-corrected chi connectivity index (χ4v) is 2.50. The van der Waals surface area contributed by atoms with Gasteiger partial charge in [-0.05, 0) is 26.3 Å². The molecule has 0 saturated carbocycles. The first-order valence-corrected chi connectivity index (χ1v) is 7.77. The van der Waals surface area contributed by atoms with E-state index >= 15 is 0 Å². The molecule has 2 amide bonds. The van der Waals surface area contributed by atoms with Gasteiger partial charge in [-0.2, -0.15) is 0 Å². The normalized spacial score (nSPS) is 11.3. The highest BCUT2D eigenvalue weighted by Crippen LogP contribution is 2.19. The summed E-state index contributed by atoms with van der Waals surface area (Å²) in [6.07, 6.45) is 0.684. The van der Waals surface area contributed by atoms with E-state index in [2.05, 4.69) is 45.1 Å². The number of hydrogen-bond donors (Lipinski definition) is 3. The Hall–Kier alpha value is -1.99. The van der Waals surface area contributed by atoms with Crippen LogP contribution >= 0.6 is 11.3 Å². The molecule has 0 saturated heterocycles. The summed E-state index contributed by atoms with van der Waals surface area (Å²) in [7, 11) is 0. The smallest absolute Gasteiger partial charge is 0.321 e. The molecule has 2 aromatic rings. The van der Waals surface area contributed by atoms with Gasteiger partial charge >= 0.3 is 6.03 Å². The predicted octanol–water partition coefficient (Wildman–Crippen LogP) is 2.33. The maximum atomic E-state index is 11.8. The summed E-state index contributed by atoms with van der Waals surface area (Å²) >= 11 is 1.34. The fourth-order valence-electron chi connectivity index (χ4n) is 1.73. The molecule has 0 radical (unpaired) electrons. The lowest BCUT2D eigenvalue weighted by Crippen LogP contribution is -2.48. The van der Waals surface area contributed by atoms with E-state index in [4.69, 9.17) is 5.11 Å². The lowest BCUT2D eigenvalue weighted by atomic mass is 10.1. The van der Waals surface area contributed by atoms with Crippen LogP contribution in [0.2, 0.25) is 0 Å². The monoisotopic (exact) mass is 320 g/mol. The van der Waals surface area contributed by atoms with Gasteiger partial charge in [-0.15, -0.1) is 10.2 Å². The van der Waals surface area contributed by atoms with E-state index in [0.717, 1.165) is 10.6 Å². The van der Waals surface area contributed by atoms with E-state index in [-0.39, 0.29) is 6.61 Å². The Morgan fingerprint density at radius 3 is 2.59 bits per heavy atom. The van der Waals surface area contributed by atoms with Crippen molar-refractivity contribution >= 4 is 22.5 Å². The first-order valence-electron chi connectivity index (χ1n) is 6.96. The average Bonchev–Trinajstić information content (AvgIpc) is 2.88. The zero-order chi connectivity index (χ0) is 16.2. The molecule has 0 atom stereocenters. The molecule has 0 fully saturated rings. The third kappa shape index (κ3) is 4.78. The van der Waals surface area contributed by atoms with Gasteiger partial charge in [0.1, 0.15) is 5.01 Å². The Kier molecular flexibility index (Phi) is 5.10. The number of anilines is 1. The molecule has 1 heterocycles. The van der Waals surface area contributed by atoms with Crippen molar-refractivity contribution in [3.05, 3.63) is 40.4 Å². The number of urea groups is 1. The third-order valence-corrected chi connectivity index (χ3v) is 3.85. The van der Waals surface area contributed by atoms with Gasteiger partial charge in [0.25, 0.3) is 0 Å². The van der Waals surface area contributed by atoms with E-state index in [9.17, 15) is 4.79 Å². The van der Waals surface area contributed by atoms with Crippen molar-refractivity contribution in [1.29, 1.82) is 0 Å². The Morgan fingerprint density at radius 1 is 1.27 bits per heavy atom. The minimum Gasteiger partial charge on any atom is -0.394 e. The number of aliphatic hydroxyl groups is 1. The molecule has 0 aliphatic heterocycles. The maximum absolute atomic E-state index is 11.8. The number of nitrogens with one attached hydrogen (secondary N) is 2. The zero-order valence-corrected chi connectivity index (χ0v) is 13.7. The second-order valence-corrected chi connectivity index (χ2v) is 6.85. The van der Waals surface area contributed by atoms with E-state index < -0.39 is 11.6 Å². The number of hydrogen-bond acceptors (Lipinski definition) is 5. The molecule has 7 heteroatoms. The van der Waals surface area contributed by atoms with Crippen molar-refractivity contribution in [2.24, 2.45) is 0 Å². The number of carbonyl (C=O) groups is 1. The number of aryl methyl sites for hydroxylation is 1. The standard InChI is InChI=1S/C15H20N4O2S/c1-10-4-6-11(7-5-10)8-12-18-19-14(22-12)16-13(21)17-15(2,3)9-20/h4-7,20H,8-9H2,1-3H3,(H2,16,17,19,21). The number of aromatic nitrogens is 2. The Morgan fingerprint density at radius 2 is 1.95 bits per heavy atom. The van der Waals surface area contributed by atoms with Gasteiger partial charge in [0.2, 0.25) is 5.13 Å². The van der Waals surface area contributed by atoms with Crippen LogP contribution in [0.15, 0.2) is 24.3 Å². The van der Waals surface area contributed by atoms with Crippen LogP contribution in [-0.2, 0) is 6.42 Å². The minimum absolute atomic E-state index is 0.144. The van der Waals surface area contributed by atoms with E-state index in [1.165, 1.54) is 16.9 Å². The number of aliphatic hydroxyl groups excluding tert-OH is 1. The summed E-state index contributed by atoms with van der Waals surface area (Å²) in [4.78, 5) is 11.8. The lowest BCUT2D eigenvalue weighted by molar-refractivity contribution is 0.187. The second kappa shape index (κ2) is 6.85. The molecule has 118 valence electrons. The van der Waals surface area contributed by atoms with Crippen LogP contribution in [-0.4, -0.2) is 33.5 Å². The van der Waals surface area contributed by atoms with Gasteiger partial charge in [-0.1, -0.05) is 41.2 Å². The molecular formula is C15H20N4O2S. The molecule has 1 aromatic heterocycles. The van der Waals surface area contributed by atoms with E-state index in [0.29, 0.717) is 11.6 Å². The van der Waals surface area contributed by atoms with Crippen molar-refractivity contribution in [3.8, 4) is 0 Å². The van der Waals surface area contributed by atoms with Crippen LogP contribution < -0.4 is 10.6 Å². The molecule has 0 unspecified atom stereocenters. The number of nitrogens with zero attached hydrogens (tertiary/aromatic N) is 2. The van der Waals surface area contributed by atoms with E-state index in [1.807, 2.05) is 6.92 Å². The molecule has 0 bridgehead atoms. The first kappa shape index (κ1) is 16.4. The highest BCUT2D eigenvalue weighted by atomic mass is 32.1. The van der Waals surface area contributed by atoms with Crippen LogP contribution in [0.25, 0.3) is 0 Å². The summed E-state index contributed by atoms with van der Waals surface area (Å²) < 4.78 is 0. The van der Waals surface area contributed by atoms with Crippen molar-refractivity contribution in [3.63, 3.8) is 0 Å². The number of carbonyl (C=O) groups excluding carboxylic acids is 1. The molecular weight excluding hydrogens is 300 g/mol. The van der Waals surface area contributed by atoms with Crippen molar-refractivity contribution in [2.45, 2.75) is 32.7 Å². The summed E-state index contributed by atoms with van der Waals surface area (Å²) in [6.45, 7) is 5.36. The van der Waals surface area contributed by atoms with Gasteiger partial charge in [-0.3, -0.25) is 5.32 Å². The van der Waals surface area contributed by atoms with Gasteiger partial charge in [0.05, 0.1) is 12.1 Å². The van der Waals surface area contributed by atoms with Crippen molar-refractivity contribution < 1.29 is 9.90 Å². The second-order valence-electron chi connectivity index (χ2n) is 5.78. The maximum Gasteiger partial charge on any atom is 0.321 e. The largest absolute Gasteiger partial charge is 0.394 e. The van der Waals surface area contributed by atoms with Crippen LogP contribution in [0, 0.1) is 6.92 Å². The zero-order valence-electron chi connectivity index (χ0n) is 12.9. The Bertz CT molecular complexity index is 637. The minimum atomic E-state index is -0.681. The van der Waals surface area contributed by atoms with Crippen LogP contribution in [0.5, 0.6) is 0 Å². The number of amides is 2.